The Bertz CT molecular complexity index is 810. The Kier molecular flexibility index (Phi) is 8.23. The zero-order valence-electron chi connectivity index (χ0n) is 15.7. The number of para-hydroxylation sites is 1. The summed E-state index contributed by atoms with van der Waals surface area (Å²) in [5.41, 5.74) is 8.22. The van der Waals surface area contributed by atoms with Crippen molar-refractivity contribution in [2.75, 3.05) is 3.38 Å². The van der Waals surface area contributed by atoms with Gasteiger partial charge in [0.2, 0.25) is 0 Å². The van der Waals surface area contributed by atoms with Gasteiger partial charge >= 0.3 is 158 Å². The maximum atomic E-state index is 2.37. The standard InChI is InChI=1S/C22H24N.2ClH.Ti/c1-16-14-15-19(17(16)2)20-12-8-9-13-21(20)22(3,4)23-18-10-6-5-7-11-18;;;/h5-14H,15H2,1-4H3;2*1H;/q-1;;;+3/p-2. The first-order valence-electron chi connectivity index (χ1n) is 8.46. The fourth-order valence-electron chi connectivity index (χ4n) is 3.41. The molecule has 2 aromatic rings. The molecule has 0 bridgehead atoms. The number of anilines is 1. The third kappa shape index (κ3) is 4.29. The van der Waals surface area contributed by atoms with Crippen molar-refractivity contribution in [1.29, 1.82) is 0 Å². The van der Waals surface area contributed by atoms with Crippen LogP contribution in [0.2, 0.25) is 0 Å². The first-order chi connectivity index (χ1) is 11.4. The van der Waals surface area contributed by atoms with E-state index in [2.05, 4.69) is 112 Å². The van der Waals surface area contributed by atoms with Crippen molar-refractivity contribution in [3.8, 4) is 0 Å². The number of allylic oxidation sites excluding steroid dienone is 4. The quantitative estimate of drug-likeness (QED) is 0.630. The van der Waals surface area contributed by atoms with Crippen molar-refractivity contribution in [2.24, 2.45) is 0 Å². The molecule has 0 heterocycles. The van der Waals surface area contributed by atoms with Crippen LogP contribution in [0.4, 0.5) is 5.69 Å². The minimum Gasteiger partial charge on any atom is -1.00 e. The predicted molar refractivity (Wildman–Crippen MR) is 99.4 cm³/mol. The summed E-state index contributed by atoms with van der Waals surface area (Å²) in [5, 5.41) is 0. The van der Waals surface area contributed by atoms with Gasteiger partial charge in [0.25, 0.3) is 0 Å². The molecule has 0 amide bonds. The first-order valence-corrected chi connectivity index (χ1v) is 9.16. The van der Waals surface area contributed by atoms with Gasteiger partial charge in [0.1, 0.15) is 0 Å². The minimum atomic E-state index is -0.0955. The summed E-state index contributed by atoms with van der Waals surface area (Å²) < 4.78 is 2.37. The summed E-state index contributed by atoms with van der Waals surface area (Å²) in [5.74, 6) is 0. The normalized spacial score (nSPS) is 13.7. The molecule has 135 valence electrons. The van der Waals surface area contributed by atoms with Crippen LogP contribution in [-0.2, 0) is 26.2 Å². The smallest absolute Gasteiger partial charge is 1.00 e. The van der Waals surface area contributed by atoms with E-state index < -0.39 is 0 Å². The van der Waals surface area contributed by atoms with Crippen LogP contribution in [0.25, 0.3) is 5.57 Å². The Hall–Kier alpha value is -0.986. The van der Waals surface area contributed by atoms with Crippen LogP contribution in [0, 0.1) is 0 Å². The maximum Gasteiger partial charge on any atom is -1.00 e. The van der Waals surface area contributed by atoms with Crippen LogP contribution in [-0.4, -0.2) is 0 Å². The fraction of sp³-hybridized carbons (Fsp3) is 0.273. The van der Waals surface area contributed by atoms with Crippen molar-refractivity contribution in [3.05, 3.63) is 82.9 Å². The van der Waals surface area contributed by atoms with Gasteiger partial charge in [-0.25, -0.2) is 0 Å². The number of hydrogen-bond acceptors (Lipinski definition) is 1. The third-order valence-electron chi connectivity index (χ3n) is 5.14. The average molecular weight is 421 g/mol. The van der Waals surface area contributed by atoms with E-state index in [-0.39, 0.29) is 30.4 Å². The van der Waals surface area contributed by atoms with E-state index in [1.807, 2.05) is 0 Å². The predicted octanol–water partition coefficient (Wildman–Crippen LogP) is 0.0216. The zero-order chi connectivity index (χ0) is 17.3. The molecule has 1 nitrogen and oxygen atoms in total. The molecule has 0 spiro atoms. The summed E-state index contributed by atoms with van der Waals surface area (Å²) >= 11 is 2.19. The molecule has 1 aliphatic carbocycles. The van der Waals surface area contributed by atoms with E-state index in [1.54, 1.807) is 0 Å². The molecule has 3 rings (SSSR count). The van der Waals surface area contributed by atoms with E-state index in [9.17, 15) is 0 Å². The van der Waals surface area contributed by atoms with E-state index in [0.717, 1.165) is 6.42 Å². The van der Waals surface area contributed by atoms with Crippen molar-refractivity contribution >= 4 is 11.3 Å². The average Bonchev–Trinajstić information content (AvgIpc) is 2.94. The van der Waals surface area contributed by atoms with Gasteiger partial charge in [-0.2, -0.15) is 0 Å². The molecule has 0 aromatic heterocycles. The number of hydrogen-bond donors (Lipinski definition) is 0. The monoisotopic (exact) mass is 420 g/mol. The van der Waals surface area contributed by atoms with E-state index in [4.69, 9.17) is 0 Å². The fourth-order valence-corrected chi connectivity index (χ4v) is 3.83. The first kappa shape index (κ1) is 23.1. The van der Waals surface area contributed by atoms with Crippen LogP contribution < -0.4 is 28.2 Å². The number of nitrogens with zero attached hydrogens (tertiary/aromatic N) is 1. The molecular formula is C22H24Cl2NTi. The van der Waals surface area contributed by atoms with Crippen LogP contribution in [0.3, 0.4) is 0 Å². The Morgan fingerprint density at radius 1 is 0.885 bits per heavy atom. The topological polar surface area (TPSA) is 3.24 Å². The Morgan fingerprint density at radius 3 is 2.04 bits per heavy atom. The molecule has 0 unspecified atom stereocenters. The maximum absolute atomic E-state index is 2.37. The van der Waals surface area contributed by atoms with Gasteiger partial charge in [-0.15, -0.1) is 0 Å². The van der Waals surface area contributed by atoms with Gasteiger partial charge in [0.15, 0.2) is 0 Å². The van der Waals surface area contributed by atoms with Gasteiger partial charge in [0, 0.05) is 0 Å². The summed E-state index contributed by atoms with van der Waals surface area (Å²) in [6.45, 7) is 9.08. The van der Waals surface area contributed by atoms with Crippen molar-refractivity contribution < 1.29 is 45.5 Å². The molecule has 26 heavy (non-hydrogen) atoms. The molecule has 0 N–H and O–H groups in total. The number of halogens is 2. The van der Waals surface area contributed by atoms with Crippen LogP contribution in [0.15, 0.2) is 71.8 Å². The molecule has 0 radical (unpaired) electrons. The van der Waals surface area contributed by atoms with Gasteiger partial charge in [0.05, 0.1) is 0 Å². The van der Waals surface area contributed by atoms with Crippen molar-refractivity contribution in [2.45, 2.75) is 39.7 Å². The summed E-state index contributed by atoms with van der Waals surface area (Å²) in [4.78, 5) is 0. The van der Waals surface area contributed by atoms with Gasteiger partial charge in [-0.1, -0.05) is 0 Å². The van der Waals surface area contributed by atoms with E-state index >= 15 is 0 Å². The minimum absolute atomic E-state index is 0. The summed E-state index contributed by atoms with van der Waals surface area (Å²) in [6, 6.07) is 19.5. The Labute approximate surface area is 182 Å². The van der Waals surface area contributed by atoms with Gasteiger partial charge in [-0.3, -0.25) is 0 Å². The SMILES string of the molecule is CC1=CCC(c2ccccc2C(C)(C)[N]([Ti+2])c2ccccc2)=C1C.[Cl-].[Cl-]. The molecule has 4 heteroatoms. The number of benzene rings is 2. The molecule has 0 aliphatic heterocycles. The van der Waals surface area contributed by atoms with Crippen LogP contribution in [0.1, 0.15) is 45.2 Å². The Balaban J connectivity index is 0.00000169. The molecule has 0 saturated heterocycles. The van der Waals surface area contributed by atoms with Crippen LogP contribution >= 0.6 is 0 Å². The summed E-state index contributed by atoms with van der Waals surface area (Å²) in [6.07, 6.45) is 3.38. The Morgan fingerprint density at radius 2 is 1.46 bits per heavy atom. The molecule has 0 fully saturated rings. The van der Waals surface area contributed by atoms with Gasteiger partial charge < -0.3 is 24.8 Å². The van der Waals surface area contributed by atoms with Crippen LogP contribution in [0.5, 0.6) is 0 Å². The molecule has 0 saturated carbocycles. The zero-order valence-corrected chi connectivity index (χ0v) is 18.8. The molecular weight excluding hydrogens is 397 g/mol. The third-order valence-corrected chi connectivity index (χ3v) is 6.42. The van der Waals surface area contributed by atoms with Gasteiger partial charge in [-0.05, 0) is 0 Å². The van der Waals surface area contributed by atoms with Crippen molar-refractivity contribution in [3.63, 3.8) is 0 Å². The van der Waals surface area contributed by atoms with Crippen molar-refractivity contribution in [1.82, 2.24) is 0 Å². The second-order valence-electron chi connectivity index (χ2n) is 6.97. The second-order valence-corrected chi connectivity index (χ2v) is 7.67. The molecule has 1 aliphatic rings. The summed E-state index contributed by atoms with van der Waals surface area (Å²) in [7, 11) is 0. The van der Waals surface area contributed by atoms with E-state index in [1.165, 1.54) is 33.5 Å². The molecule has 0 atom stereocenters. The second kappa shape index (κ2) is 9.28. The largest absolute Gasteiger partial charge is 1.00 e. The molecule has 2 aromatic carbocycles. The number of rotatable bonds is 4. The van der Waals surface area contributed by atoms with E-state index in [0.29, 0.717) is 0 Å².